The summed E-state index contributed by atoms with van der Waals surface area (Å²) in [6, 6.07) is 9.48. The Morgan fingerprint density at radius 1 is 1.20 bits per heavy atom. The molecule has 1 saturated carbocycles. The average molecular weight is 576 g/mol. The molecule has 9 nitrogen and oxygen atoms in total. The van der Waals surface area contributed by atoms with E-state index in [9.17, 15) is 5.11 Å². The van der Waals surface area contributed by atoms with Crippen LogP contribution in [0.5, 0.6) is 11.6 Å². The van der Waals surface area contributed by atoms with Gasteiger partial charge in [0.1, 0.15) is 28.5 Å². The summed E-state index contributed by atoms with van der Waals surface area (Å²) in [6.45, 7) is 10.3. The average Bonchev–Trinajstić information content (AvgIpc) is 3.67. The summed E-state index contributed by atoms with van der Waals surface area (Å²) < 4.78 is 8.02. The zero-order valence-electron chi connectivity index (χ0n) is 24.1. The lowest BCUT2D eigenvalue weighted by molar-refractivity contribution is 0.0956. The van der Waals surface area contributed by atoms with E-state index in [1.807, 2.05) is 41.9 Å². The van der Waals surface area contributed by atoms with E-state index in [1.54, 1.807) is 0 Å². The number of fused-ring (bicyclic) bond motifs is 1. The molecule has 41 heavy (non-hydrogen) atoms. The first kappa shape index (κ1) is 29.2. The van der Waals surface area contributed by atoms with Gasteiger partial charge in [-0.15, -0.1) is 11.3 Å². The molecule has 4 atom stereocenters. The van der Waals surface area contributed by atoms with Crippen LogP contribution in [0.1, 0.15) is 46.1 Å². The number of hydrogen-bond acceptors (Lipinski definition) is 9. The molecule has 4 aromatic rings. The number of ether oxygens (including phenoxy) is 1. The lowest BCUT2D eigenvalue weighted by Crippen LogP contribution is -2.29. The van der Waals surface area contributed by atoms with Gasteiger partial charge in [-0.2, -0.15) is 0 Å². The van der Waals surface area contributed by atoms with Gasteiger partial charge in [0.25, 0.3) is 0 Å². The van der Waals surface area contributed by atoms with Crippen LogP contribution in [0.15, 0.2) is 59.9 Å². The number of nitrogens with two attached hydrogens (primary N) is 1. The normalized spacial score (nSPS) is 21.1. The number of benzene rings is 1. The Balaban J connectivity index is 1.25. The molecule has 3 aromatic heterocycles. The molecular formula is C31H41N7O2S. The molecule has 3 heterocycles. The van der Waals surface area contributed by atoms with Crippen molar-refractivity contribution in [1.82, 2.24) is 30.2 Å². The molecule has 0 unspecified atom stereocenters. The summed E-state index contributed by atoms with van der Waals surface area (Å²) >= 11 is 1.49. The molecule has 5 rings (SSSR count). The van der Waals surface area contributed by atoms with Gasteiger partial charge >= 0.3 is 0 Å². The SMILES string of the molecule is C/C=C(\C)CCNCCCNC[C@H]1C[C@@H](n2cc(-c3nc(Oc4ccccc4)cs3)c3c(N)ncnc32)[C@H](O)[C@@H]1C. The van der Waals surface area contributed by atoms with Crippen molar-refractivity contribution >= 4 is 28.2 Å². The Labute approximate surface area is 245 Å². The number of thiazole rings is 1. The van der Waals surface area contributed by atoms with Crippen LogP contribution in [-0.4, -0.2) is 56.9 Å². The Morgan fingerprint density at radius 2 is 2.00 bits per heavy atom. The van der Waals surface area contributed by atoms with Crippen LogP contribution in [-0.2, 0) is 0 Å². The summed E-state index contributed by atoms with van der Waals surface area (Å²) in [5.41, 5.74) is 9.36. The van der Waals surface area contributed by atoms with Gasteiger partial charge in [-0.05, 0) is 83.3 Å². The van der Waals surface area contributed by atoms with Crippen molar-refractivity contribution in [2.75, 3.05) is 31.9 Å². The van der Waals surface area contributed by atoms with Gasteiger partial charge in [-0.3, -0.25) is 0 Å². The summed E-state index contributed by atoms with van der Waals surface area (Å²) in [6.07, 6.45) is 8.22. The van der Waals surface area contributed by atoms with Crippen LogP contribution < -0.4 is 21.1 Å². The summed E-state index contributed by atoms with van der Waals surface area (Å²) in [4.78, 5) is 13.6. The minimum absolute atomic E-state index is 0.112. The molecule has 1 aromatic carbocycles. The fourth-order valence-electron chi connectivity index (χ4n) is 5.58. The Hall–Kier alpha value is -3.31. The Bertz CT molecular complexity index is 1450. The minimum atomic E-state index is -0.494. The number of allylic oxidation sites excluding steroid dienone is 1. The Morgan fingerprint density at radius 3 is 2.80 bits per heavy atom. The number of nitrogen functional groups attached to an aromatic ring is 1. The Kier molecular flexibility index (Phi) is 9.66. The van der Waals surface area contributed by atoms with Gasteiger partial charge in [0.05, 0.1) is 22.9 Å². The smallest absolute Gasteiger partial charge is 0.230 e. The zero-order valence-corrected chi connectivity index (χ0v) is 24.9. The van der Waals surface area contributed by atoms with Crippen molar-refractivity contribution in [2.45, 2.75) is 52.2 Å². The van der Waals surface area contributed by atoms with Crippen molar-refractivity contribution < 1.29 is 9.84 Å². The van der Waals surface area contributed by atoms with Crippen molar-refractivity contribution in [1.29, 1.82) is 0 Å². The molecule has 1 aliphatic rings. The van der Waals surface area contributed by atoms with E-state index in [1.165, 1.54) is 23.2 Å². The first-order valence-electron chi connectivity index (χ1n) is 14.5. The van der Waals surface area contributed by atoms with E-state index in [0.29, 0.717) is 17.6 Å². The van der Waals surface area contributed by atoms with Gasteiger partial charge in [-0.1, -0.05) is 36.8 Å². The number of aromatic nitrogens is 4. The maximum absolute atomic E-state index is 11.4. The molecular weight excluding hydrogens is 534 g/mol. The highest BCUT2D eigenvalue weighted by Gasteiger charge is 2.41. The maximum Gasteiger partial charge on any atom is 0.230 e. The molecule has 1 fully saturated rings. The number of aliphatic hydroxyl groups excluding tert-OH is 1. The van der Waals surface area contributed by atoms with Crippen LogP contribution in [0.25, 0.3) is 21.6 Å². The molecule has 0 amide bonds. The summed E-state index contributed by atoms with van der Waals surface area (Å²) in [5.74, 6) is 2.16. The molecule has 10 heteroatoms. The van der Waals surface area contributed by atoms with Crippen molar-refractivity contribution in [2.24, 2.45) is 11.8 Å². The number of aliphatic hydroxyl groups is 1. The van der Waals surface area contributed by atoms with E-state index >= 15 is 0 Å². The second kappa shape index (κ2) is 13.6. The molecule has 5 N–H and O–H groups in total. The minimum Gasteiger partial charge on any atom is -0.438 e. The second-order valence-electron chi connectivity index (χ2n) is 10.9. The van der Waals surface area contributed by atoms with Gasteiger partial charge in [0.15, 0.2) is 0 Å². The molecule has 0 saturated heterocycles. The zero-order chi connectivity index (χ0) is 28.8. The van der Waals surface area contributed by atoms with Crippen LogP contribution >= 0.6 is 11.3 Å². The molecule has 218 valence electrons. The van der Waals surface area contributed by atoms with Crippen molar-refractivity contribution in [3.63, 3.8) is 0 Å². The molecule has 0 radical (unpaired) electrons. The second-order valence-corrected chi connectivity index (χ2v) is 11.8. The first-order chi connectivity index (χ1) is 20.0. The fourth-order valence-corrected chi connectivity index (χ4v) is 6.32. The number of nitrogens with one attached hydrogen (secondary N) is 2. The highest BCUT2D eigenvalue weighted by Crippen LogP contribution is 2.44. The van der Waals surface area contributed by atoms with Crippen LogP contribution in [0.2, 0.25) is 0 Å². The van der Waals surface area contributed by atoms with Crippen molar-refractivity contribution in [3.05, 3.63) is 59.9 Å². The predicted octanol–water partition coefficient (Wildman–Crippen LogP) is 5.41. The van der Waals surface area contributed by atoms with E-state index in [-0.39, 0.29) is 12.0 Å². The van der Waals surface area contributed by atoms with E-state index < -0.39 is 6.10 Å². The van der Waals surface area contributed by atoms with Crippen molar-refractivity contribution in [3.8, 4) is 22.2 Å². The largest absolute Gasteiger partial charge is 0.438 e. The van der Waals surface area contributed by atoms with Crippen LogP contribution in [0.4, 0.5) is 5.82 Å². The maximum atomic E-state index is 11.4. The third kappa shape index (κ3) is 6.78. The molecule has 0 spiro atoms. The highest BCUT2D eigenvalue weighted by atomic mass is 32.1. The lowest BCUT2D eigenvalue weighted by Gasteiger charge is -2.20. The quantitative estimate of drug-likeness (QED) is 0.123. The standard InChI is InChI=1S/C31H41N7O2S/c1-4-20(2)11-14-33-12-8-13-34-16-22-15-25(28(39)21(22)3)38-17-24(27-29(32)35-19-36-30(27)38)31-37-26(18-41-31)40-23-9-6-5-7-10-23/h4-7,9-10,17-19,21-22,25,28,33-34,39H,8,11-16H2,1-3H3,(H2,32,35,36)/b20-4+/t21-,22-,25-,28-/m1/s1. The van der Waals surface area contributed by atoms with E-state index in [4.69, 9.17) is 15.5 Å². The summed E-state index contributed by atoms with van der Waals surface area (Å²) in [7, 11) is 0. The number of rotatable bonds is 13. The van der Waals surface area contributed by atoms with Crippen LogP contribution in [0, 0.1) is 11.8 Å². The number of anilines is 1. The molecule has 1 aliphatic carbocycles. The number of para-hydroxylation sites is 1. The third-order valence-electron chi connectivity index (χ3n) is 8.20. The van der Waals surface area contributed by atoms with E-state index in [0.717, 1.165) is 72.8 Å². The highest BCUT2D eigenvalue weighted by molar-refractivity contribution is 7.13. The predicted molar refractivity (Wildman–Crippen MR) is 166 cm³/mol. The van der Waals surface area contributed by atoms with Crippen LogP contribution in [0.3, 0.4) is 0 Å². The topological polar surface area (TPSA) is 123 Å². The number of hydrogen-bond donors (Lipinski definition) is 4. The third-order valence-corrected chi connectivity index (χ3v) is 9.05. The van der Waals surface area contributed by atoms with Gasteiger partial charge < -0.3 is 30.8 Å². The van der Waals surface area contributed by atoms with Gasteiger partial charge in [0.2, 0.25) is 5.88 Å². The lowest BCUT2D eigenvalue weighted by atomic mass is 9.97. The first-order valence-corrected chi connectivity index (χ1v) is 15.3. The number of nitrogens with zero attached hydrogens (tertiary/aromatic N) is 4. The van der Waals surface area contributed by atoms with Gasteiger partial charge in [-0.25, -0.2) is 15.0 Å². The fraction of sp³-hybridized carbons (Fsp3) is 0.452. The van der Waals surface area contributed by atoms with E-state index in [2.05, 4.69) is 52.0 Å². The van der Waals surface area contributed by atoms with Gasteiger partial charge in [0, 0.05) is 11.8 Å². The summed E-state index contributed by atoms with van der Waals surface area (Å²) in [5, 5.41) is 21.9. The molecule has 0 aliphatic heterocycles. The monoisotopic (exact) mass is 575 g/mol. The molecule has 0 bridgehead atoms.